The summed E-state index contributed by atoms with van der Waals surface area (Å²) in [7, 11) is 2.02. The van der Waals surface area contributed by atoms with Crippen molar-refractivity contribution in [2.45, 2.75) is 32.7 Å². The molecule has 0 aromatic heterocycles. The fraction of sp³-hybridized carbons (Fsp3) is 0.429. The fourth-order valence-electron chi connectivity index (χ4n) is 2.30. The monoisotopic (exact) mass is 201 g/mol. The SMILES string of the molecule is CNC(C)(C)C1=CCc2cccc(C)c21. The van der Waals surface area contributed by atoms with E-state index in [0.717, 1.165) is 6.42 Å². The summed E-state index contributed by atoms with van der Waals surface area (Å²) in [4.78, 5) is 0. The highest BCUT2D eigenvalue weighted by molar-refractivity contribution is 5.80. The molecule has 0 atom stereocenters. The first-order valence-electron chi connectivity index (χ1n) is 5.54. The van der Waals surface area contributed by atoms with Crippen LogP contribution in [0.4, 0.5) is 0 Å². The summed E-state index contributed by atoms with van der Waals surface area (Å²) >= 11 is 0. The molecule has 15 heavy (non-hydrogen) atoms. The predicted octanol–water partition coefficient (Wildman–Crippen LogP) is 2.93. The molecule has 1 nitrogen and oxygen atoms in total. The molecule has 0 aliphatic heterocycles. The smallest absolute Gasteiger partial charge is 0.0378 e. The second-order valence-corrected chi connectivity index (χ2v) is 4.81. The third kappa shape index (κ3) is 1.61. The van der Waals surface area contributed by atoms with Gasteiger partial charge in [0.25, 0.3) is 0 Å². The molecule has 1 aromatic rings. The van der Waals surface area contributed by atoms with Gasteiger partial charge in [-0.05, 0) is 56.5 Å². The number of likely N-dealkylation sites (N-methyl/N-ethyl adjacent to an activating group) is 1. The molecule has 1 aromatic carbocycles. The summed E-state index contributed by atoms with van der Waals surface area (Å²) in [6.45, 7) is 6.67. The minimum absolute atomic E-state index is 0.0668. The van der Waals surface area contributed by atoms with Crippen LogP contribution in [-0.4, -0.2) is 12.6 Å². The van der Waals surface area contributed by atoms with Crippen molar-refractivity contribution >= 4 is 5.57 Å². The minimum atomic E-state index is 0.0668. The number of nitrogens with one attached hydrogen (secondary N) is 1. The molecule has 0 saturated heterocycles. The number of hydrogen-bond donors (Lipinski definition) is 1. The van der Waals surface area contributed by atoms with Crippen LogP contribution >= 0.6 is 0 Å². The Balaban J connectivity index is 2.51. The Morgan fingerprint density at radius 1 is 1.27 bits per heavy atom. The molecule has 2 rings (SSSR count). The average molecular weight is 201 g/mol. The summed E-state index contributed by atoms with van der Waals surface area (Å²) < 4.78 is 0. The second kappa shape index (κ2) is 3.49. The molecule has 0 amide bonds. The molecule has 1 N–H and O–H groups in total. The van der Waals surface area contributed by atoms with Gasteiger partial charge in [-0.15, -0.1) is 0 Å². The van der Waals surface area contributed by atoms with Crippen molar-refractivity contribution in [1.29, 1.82) is 0 Å². The van der Waals surface area contributed by atoms with E-state index in [1.807, 2.05) is 7.05 Å². The number of fused-ring (bicyclic) bond motifs is 1. The van der Waals surface area contributed by atoms with Gasteiger partial charge in [0.1, 0.15) is 0 Å². The van der Waals surface area contributed by atoms with Crippen molar-refractivity contribution in [2.24, 2.45) is 0 Å². The zero-order valence-corrected chi connectivity index (χ0v) is 10.0. The van der Waals surface area contributed by atoms with Crippen LogP contribution in [0.5, 0.6) is 0 Å². The van der Waals surface area contributed by atoms with Gasteiger partial charge in [0.2, 0.25) is 0 Å². The molecule has 1 aliphatic rings. The van der Waals surface area contributed by atoms with Crippen molar-refractivity contribution in [3.63, 3.8) is 0 Å². The number of aryl methyl sites for hydroxylation is 1. The highest BCUT2D eigenvalue weighted by atomic mass is 14.9. The molecule has 0 saturated carbocycles. The first-order valence-corrected chi connectivity index (χ1v) is 5.54. The van der Waals surface area contributed by atoms with Crippen molar-refractivity contribution < 1.29 is 0 Å². The van der Waals surface area contributed by atoms with E-state index in [2.05, 4.69) is 50.4 Å². The van der Waals surface area contributed by atoms with E-state index in [4.69, 9.17) is 0 Å². The highest BCUT2D eigenvalue weighted by Gasteiger charge is 2.27. The number of benzene rings is 1. The van der Waals surface area contributed by atoms with Crippen LogP contribution in [0.25, 0.3) is 5.57 Å². The van der Waals surface area contributed by atoms with E-state index in [9.17, 15) is 0 Å². The maximum absolute atomic E-state index is 3.38. The van der Waals surface area contributed by atoms with E-state index < -0.39 is 0 Å². The lowest BCUT2D eigenvalue weighted by Crippen LogP contribution is -2.37. The molecular weight excluding hydrogens is 182 g/mol. The van der Waals surface area contributed by atoms with Crippen molar-refractivity contribution in [3.8, 4) is 0 Å². The Labute approximate surface area is 92.2 Å². The largest absolute Gasteiger partial charge is 0.311 e. The van der Waals surface area contributed by atoms with Crippen LogP contribution in [0, 0.1) is 6.92 Å². The Bertz CT molecular complexity index is 413. The zero-order valence-electron chi connectivity index (χ0n) is 10.0. The van der Waals surface area contributed by atoms with Gasteiger partial charge in [-0.1, -0.05) is 24.3 Å². The Morgan fingerprint density at radius 3 is 2.67 bits per heavy atom. The molecule has 0 unspecified atom stereocenters. The Hall–Kier alpha value is -1.08. The third-order valence-corrected chi connectivity index (χ3v) is 3.45. The van der Waals surface area contributed by atoms with Gasteiger partial charge >= 0.3 is 0 Å². The number of allylic oxidation sites excluding steroid dienone is 1. The molecule has 80 valence electrons. The van der Waals surface area contributed by atoms with Gasteiger partial charge in [-0.25, -0.2) is 0 Å². The van der Waals surface area contributed by atoms with Gasteiger partial charge in [-0.3, -0.25) is 0 Å². The lowest BCUT2D eigenvalue weighted by Gasteiger charge is -2.27. The molecular formula is C14H19N. The van der Waals surface area contributed by atoms with Gasteiger partial charge < -0.3 is 5.32 Å². The topological polar surface area (TPSA) is 12.0 Å². The standard InChI is InChI=1S/C14H19N/c1-10-6-5-7-11-8-9-12(13(10)11)14(2,3)15-4/h5-7,9,15H,8H2,1-4H3. The molecule has 0 fully saturated rings. The van der Waals surface area contributed by atoms with E-state index in [0.29, 0.717) is 0 Å². The summed E-state index contributed by atoms with van der Waals surface area (Å²) in [5.41, 5.74) is 5.82. The molecule has 0 spiro atoms. The average Bonchev–Trinajstić information content (AvgIpc) is 2.63. The van der Waals surface area contributed by atoms with Crippen LogP contribution in [-0.2, 0) is 6.42 Å². The van der Waals surface area contributed by atoms with Gasteiger partial charge in [0.15, 0.2) is 0 Å². The third-order valence-electron chi connectivity index (χ3n) is 3.45. The highest BCUT2D eigenvalue weighted by Crippen LogP contribution is 2.36. The molecule has 1 heteroatoms. The first kappa shape index (κ1) is 10.4. The van der Waals surface area contributed by atoms with Crippen LogP contribution < -0.4 is 5.32 Å². The summed E-state index contributed by atoms with van der Waals surface area (Å²) in [5.74, 6) is 0. The van der Waals surface area contributed by atoms with Crippen molar-refractivity contribution in [2.75, 3.05) is 7.05 Å². The fourth-order valence-corrected chi connectivity index (χ4v) is 2.30. The molecule has 0 bridgehead atoms. The van der Waals surface area contributed by atoms with Crippen LogP contribution in [0.15, 0.2) is 24.3 Å². The Kier molecular flexibility index (Phi) is 2.43. The van der Waals surface area contributed by atoms with E-state index >= 15 is 0 Å². The predicted molar refractivity (Wildman–Crippen MR) is 66.0 cm³/mol. The number of rotatable bonds is 2. The number of hydrogen-bond acceptors (Lipinski definition) is 1. The maximum atomic E-state index is 3.38. The quantitative estimate of drug-likeness (QED) is 0.775. The van der Waals surface area contributed by atoms with E-state index in [1.54, 1.807) is 0 Å². The van der Waals surface area contributed by atoms with E-state index in [1.165, 1.54) is 22.3 Å². The van der Waals surface area contributed by atoms with Gasteiger partial charge in [0.05, 0.1) is 0 Å². The maximum Gasteiger partial charge on any atom is 0.0378 e. The molecule has 0 radical (unpaired) electrons. The van der Waals surface area contributed by atoms with Crippen LogP contribution in [0.2, 0.25) is 0 Å². The van der Waals surface area contributed by atoms with Crippen molar-refractivity contribution in [3.05, 3.63) is 41.0 Å². The molecule has 1 aliphatic carbocycles. The summed E-state index contributed by atoms with van der Waals surface area (Å²) in [6, 6.07) is 6.58. The van der Waals surface area contributed by atoms with E-state index in [-0.39, 0.29) is 5.54 Å². The lowest BCUT2D eigenvalue weighted by molar-refractivity contribution is 0.545. The van der Waals surface area contributed by atoms with Gasteiger partial charge in [0, 0.05) is 5.54 Å². The van der Waals surface area contributed by atoms with Crippen LogP contribution in [0.1, 0.15) is 30.5 Å². The van der Waals surface area contributed by atoms with Crippen LogP contribution in [0.3, 0.4) is 0 Å². The first-order chi connectivity index (χ1) is 7.06. The minimum Gasteiger partial charge on any atom is -0.311 e. The normalized spacial score (nSPS) is 15.1. The summed E-state index contributed by atoms with van der Waals surface area (Å²) in [6.07, 6.45) is 3.44. The lowest BCUT2D eigenvalue weighted by atomic mass is 9.87. The summed E-state index contributed by atoms with van der Waals surface area (Å²) in [5, 5.41) is 3.38. The zero-order chi connectivity index (χ0) is 11.1. The Morgan fingerprint density at radius 2 is 2.00 bits per heavy atom. The van der Waals surface area contributed by atoms with Gasteiger partial charge in [-0.2, -0.15) is 0 Å². The molecule has 0 heterocycles. The second-order valence-electron chi connectivity index (χ2n) is 4.81. The van der Waals surface area contributed by atoms with Crippen molar-refractivity contribution in [1.82, 2.24) is 5.32 Å².